The third kappa shape index (κ3) is 1.31. The first-order valence-electron chi connectivity index (χ1n) is 3.20. The Hall–Kier alpha value is -0.510. The van der Waals surface area contributed by atoms with Gasteiger partial charge in [0.2, 0.25) is 0 Å². The van der Waals surface area contributed by atoms with Crippen LogP contribution in [0.5, 0.6) is 0 Å². The Kier molecular flexibility index (Phi) is 1.99. The minimum atomic E-state index is -2.78. The Morgan fingerprint density at radius 1 is 1.60 bits per heavy atom. The van der Waals surface area contributed by atoms with Crippen LogP contribution in [0.25, 0.3) is 0 Å². The molecule has 0 aromatic rings. The minimum Gasteiger partial charge on any atom is -0.316 e. The predicted octanol–water partition coefficient (Wildman–Crippen LogP) is 0.430. The molecule has 58 valence electrons. The van der Waals surface area contributed by atoms with Gasteiger partial charge in [0, 0.05) is 19.5 Å². The van der Waals surface area contributed by atoms with Crippen LogP contribution in [0.1, 0.15) is 6.42 Å². The van der Waals surface area contributed by atoms with Gasteiger partial charge in [-0.1, -0.05) is 0 Å². The predicted molar refractivity (Wildman–Crippen MR) is 32.0 cm³/mol. The van der Waals surface area contributed by atoms with Gasteiger partial charge in [0.15, 0.2) is 0 Å². The number of alkyl halides is 2. The lowest BCUT2D eigenvalue weighted by Crippen LogP contribution is -2.45. The molecule has 1 aliphatic rings. The van der Waals surface area contributed by atoms with E-state index < -0.39 is 11.8 Å². The summed E-state index contributed by atoms with van der Waals surface area (Å²) in [4.78, 5) is 10.1. The summed E-state index contributed by atoms with van der Waals surface area (Å²) in [6.45, 7) is 0.411. The smallest absolute Gasteiger partial charge is 0.259 e. The Bertz CT molecular complexity index is 138. The van der Waals surface area contributed by atoms with E-state index in [4.69, 9.17) is 0 Å². The zero-order valence-electron chi connectivity index (χ0n) is 5.44. The number of hydrogen-bond donors (Lipinski definition) is 1. The molecule has 1 fully saturated rings. The van der Waals surface area contributed by atoms with E-state index in [2.05, 4.69) is 5.32 Å². The summed E-state index contributed by atoms with van der Waals surface area (Å²) in [6, 6.07) is 0. The van der Waals surface area contributed by atoms with Crippen molar-refractivity contribution in [1.29, 1.82) is 0 Å². The lowest BCUT2D eigenvalue weighted by atomic mass is 9.97. The molecule has 1 unspecified atom stereocenters. The number of carbonyl (C=O) groups is 1. The highest BCUT2D eigenvalue weighted by Gasteiger charge is 2.41. The molecule has 0 aromatic heterocycles. The van der Waals surface area contributed by atoms with E-state index in [9.17, 15) is 13.6 Å². The zero-order valence-corrected chi connectivity index (χ0v) is 5.44. The van der Waals surface area contributed by atoms with Crippen LogP contribution in [0.3, 0.4) is 0 Å². The molecule has 0 spiro atoms. The van der Waals surface area contributed by atoms with Crippen LogP contribution in [0.4, 0.5) is 8.78 Å². The molecule has 1 heterocycles. The van der Waals surface area contributed by atoms with Gasteiger partial charge >= 0.3 is 0 Å². The molecule has 1 saturated heterocycles. The lowest BCUT2D eigenvalue weighted by Gasteiger charge is -2.27. The molecule has 0 amide bonds. The third-order valence-corrected chi connectivity index (χ3v) is 1.71. The van der Waals surface area contributed by atoms with Gasteiger partial charge in [-0.15, -0.1) is 0 Å². The van der Waals surface area contributed by atoms with Gasteiger partial charge in [-0.25, -0.2) is 8.78 Å². The van der Waals surface area contributed by atoms with E-state index >= 15 is 0 Å². The number of halogens is 2. The fourth-order valence-electron chi connectivity index (χ4n) is 0.995. The van der Waals surface area contributed by atoms with E-state index in [0.717, 1.165) is 0 Å². The highest BCUT2D eigenvalue weighted by Crippen LogP contribution is 2.28. The van der Waals surface area contributed by atoms with Crippen LogP contribution in [0, 0.1) is 5.92 Å². The molecule has 1 aliphatic heterocycles. The second kappa shape index (κ2) is 2.62. The van der Waals surface area contributed by atoms with Crippen molar-refractivity contribution in [3.05, 3.63) is 0 Å². The molecule has 2 nitrogen and oxygen atoms in total. The molecule has 0 aliphatic carbocycles. The number of piperidine rings is 1. The maximum atomic E-state index is 12.6. The quantitative estimate of drug-likeness (QED) is 0.548. The first-order chi connectivity index (χ1) is 4.67. The van der Waals surface area contributed by atoms with Crippen molar-refractivity contribution in [3.63, 3.8) is 0 Å². The summed E-state index contributed by atoms with van der Waals surface area (Å²) >= 11 is 0. The zero-order chi connectivity index (χ0) is 7.61. The van der Waals surface area contributed by atoms with E-state index in [1.807, 2.05) is 0 Å². The van der Waals surface area contributed by atoms with Gasteiger partial charge in [-0.3, -0.25) is 0 Å². The molecule has 0 radical (unpaired) electrons. The van der Waals surface area contributed by atoms with Crippen LogP contribution in [0.15, 0.2) is 0 Å². The van der Waals surface area contributed by atoms with Crippen molar-refractivity contribution in [2.24, 2.45) is 5.92 Å². The van der Waals surface area contributed by atoms with Crippen LogP contribution in [-0.2, 0) is 4.79 Å². The highest BCUT2D eigenvalue weighted by atomic mass is 19.3. The summed E-state index contributed by atoms with van der Waals surface area (Å²) in [6.07, 6.45) is 0.0998. The van der Waals surface area contributed by atoms with Gasteiger partial charge < -0.3 is 10.1 Å². The molecular weight excluding hydrogens is 140 g/mol. The minimum absolute atomic E-state index is 0.108. The monoisotopic (exact) mass is 149 g/mol. The normalized spacial score (nSPS) is 31.6. The van der Waals surface area contributed by atoms with Gasteiger partial charge in [-0.05, 0) is 0 Å². The largest absolute Gasteiger partial charge is 0.316 e. The van der Waals surface area contributed by atoms with E-state index in [0.29, 0.717) is 12.8 Å². The van der Waals surface area contributed by atoms with Crippen molar-refractivity contribution in [2.75, 3.05) is 13.1 Å². The second-order valence-electron chi connectivity index (χ2n) is 2.46. The van der Waals surface area contributed by atoms with Crippen molar-refractivity contribution in [1.82, 2.24) is 5.32 Å². The molecule has 1 N–H and O–H groups in total. The lowest BCUT2D eigenvalue weighted by molar-refractivity contribution is -0.128. The van der Waals surface area contributed by atoms with E-state index in [1.54, 1.807) is 0 Å². The molecule has 0 saturated carbocycles. The van der Waals surface area contributed by atoms with E-state index in [-0.39, 0.29) is 13.0 Å². The number of carbonyl (C=O) groups excluding carboxylic acids is 1. The molecule has 4 heteroatoms. The number of hydrogen-bond acceptors (Lipinski definition) is 2. The van der Waals surface area contributed by atoms with Crippen molar-refractivity contribution < 1.29 is 13.6 Å². The fraction of sp³-hybridized carbons (Fsp3) is 0.833. The summed E-state index contributed by atoms with van der Waals surface area (Å²) in [5.74, 6) is -3.91. The van der Waals surface area contributed by atoms with Crippen LogP contribution in [0.2, 0.25) is 0 Å². The Morgan fingerprint density at radius 2 is 2.30 bits per heavy atom. The molecule has 1 rings (SSSR count). The molecule has 0 bridgehead atoms. The van der Waals surface area contributed by atoms with Crippen molar-refractivity contribution >= 4 is 6.29 Å². The Balaban J connectivity index is 2.59. The average Bonchev–Trinajstić information content (AvgIpc) is 1.87. The van der Waals surface area contributed by atoms with Gasteiger partial charge in [-0.2, -0.15) is 0 Å². The molecule has 1 atom stereocenters. The third-order valence-electron chi connectivity index (χ3n) is 1.71. The van der Waals surface area contributed by atoms with E-state index in [1.165, 1.54) is 0 Å². The highest BCUT2D eigenvalue weighted by molar-refractivity contribution is 5.55. The first kappa shape index (κ1) is 7.60. The van der Waals surface area contributed by atoms with Gasteiger partial charge in [0.1, 0.15) is 6.29 Å². The Morgan fingerprint density at radius 3 is 2.70 bits per heavy atom. The average molecular weight is 149 g/mol. The maximum absolute atomic E-state index is 12.6. The van der Waals surface area contributed by atoms with Crippen LogP contribution >= 0.6 is 0 Å². The van der Waals surface area contributed by atoms with Crippen molar-refractivity contribution in [2.45, 2.75) is 12.3 Å². The first-order valence-corrected chi connectivity index (χ1v) is 3.20. The van der Waals surface area contributed by atoms with Crippen LogP contribution in [-0.4, -0.2) is 25.3 Å². The van der Waals surface area contributed by atoms with Crippen LogP contribution < -0.4 is 5.32 Å². The number of rotatable bonds is 1. The van der Waals surface area contributed by atoms with Gasteiger partial charge in [0.25, 0.3) is 5.92 Å². The summed E-state index contributed by atoms with van der Waals surface area (Å²) in [7, 11) is 0. The molecular formula is C6H9F2NO. The Labute approximate surface area is 57.6 Å². The fourth-order valence-corrected chi connectivity index (χ4v) is 0.995. The van der Waals surface area contributed by atoms with Gasteiger partial charge in [0.05, 0.1) is 5.92 Å². The summed E-state index contributed by atoms with van der Waals surface area (Å²) in [5, 5.41) is 2.73. The summed E-state index contributed by atoms with van der Waals surface area (Å²) < 4.78 is 25.2. The second-order valence-corrected chi connectivity index (χ2v) is 2.46. The topological polar surface area (TPSA) is 29.1 Å². The van der Waals surface area contributed by atoms with Crippen molar-refractivity contribution in [3.8, 4) is 0 Å². The molecule has 10 heavy (non-hydrogen) atoms. The number of nitrogens with one attached hydrogen (secondary N) is 1. The SMILES string of the molecule is O=CC1CNCCC1(F)F. The number of aldehydes is 1. The molecule has 0 aromatic carbocycles. The summed E-state index contributed by atoms with van der Waals surface area (Å²) in [5.41, 5.74) is 0. The standard InChI is InChI=1S/C6H9F2NO/c7-6(8)1-2-9-3-5(6)4-10/h4-5,9H,1-3H2. The maximum Gasteiger partial charge on any atom is 0.259 e.